The molecule has 0 spiro atoms. The third kappa shape index (κ3) is 6.16. The molecule has 0 aromatic carbocycles. The van der Waals surface area contributed by atoms with Crippen LogP contribution in [-0.2, 0) is 4.79 Å². The summed E-state index contributed by atoms with van der Waals surface area (Å²) in [7, 11) is 0. The van der Waals surface area contributed by atoms with Gasteiger partial charge in [-0.25, -0.2) is 4.98 Å². The first-order valence-electron chi connectivity index (χ1n) is 8.38. The lowest BCUT2D eigenvalue weighted by Gasteiger charge is -2.30. The summed E-state index contributed by atoms with van der Waals surface area (Å²) in [6, 6.07) is 1.42. The number of halogens is 3. The van der Waals surface area contributed by atoms with Crippen LogP contribution in [0.5, 0.6) is 0 Å². The Hall–Kier alpha value is -2.39. The van der Waals surface area contributed by atoms with E-state index in [1.807, 2.05) is 0 Å². The number of pyridine rings is 1. The van der Waals surface area contributed by atoms with Crippen molar-refractivity contribution < 1.29 is 22.9 Å². The monoisotopic (exact) mass is 374 g/mol. The summed E-state index contributed by atoms with van der Waals surface area (Å²) in [5, 5.41) is 16.6. The highest BCUT2D eigenvalue weighted by molar-refractivity contribution is 5.76. The van der Waals surface area contributed by atoms with Gasteiger partial charge in [-0.05, 0) is 38.2 Å². The minimum Gasteiger partial charge on any atom is -0.367 e. The third-order valence-electron chi connectivity index (χ3n) is 4.34. The Kier molecular flexibility index (Phi) is 6.38. The molecule has 0 radical (unpaired) electrons. The van der Waals surface area contributed by atoms with E-state index in [-0.39, 0.29) is 17.8 Å². The molecule has 144 valence electrons. The zero-order valence-corrected chi connectivity index (χ0v) is 14.3. The minimum absolute atomic E-state index is 0.0710. The number of aromatic nitrogens is 1. The fraction of sp³-hybridized carbons (Fsp3) is 0.625. The van der Waals surface area contributed by atoms with Gasteiger partial charge in [0.25, 0.3) is 5.69 Å². The van der Waals surface area contributed by atoms with Crippen LogP contribution in [0, 0.1) is 17.0 Å². The van der Waals surface area contributed by atoms with Gasteiger partial charge >= 0.3 is 6.18 Å². The van der Waals surface area contributed by atoms with Crippen LogP contribution >= 0.6 is 0 Å². The summed E-state index contributed by atoms with van der Waals surface area (Å²) in [5.41, 5.74) is 0.597. The average Bonchev–Trinajstić information content (AvgIpc) is 2.56. The van der Waals surface area contributed by atoms with Gasteiger partial charge in [0.05, 0.1) is 11.3 Å². The number of anilines is 1. The highest BCUT2D eigenvalue weighted by Gasteiger charge is 2.29. The molecule has 0 aliphatic heterocycles. The molecule has 7 nitrogen and oxygen atoms in total. The van der Waals surface area contributed by atoms with Gasteiger partial charge in [-0.15, -0.1) is 0 Å². The van der Waals surface area contributed by atoms with Gasteiger partial charge < -0.3 is 10.6 Å². The molecule has 26 heavy (non-hydrogen) atoms. The van der Waals surface area contributed by atoms with Gasteiger partial charge in [-0.2, -0.15) is 13.2 Å². The molecular weight excluding hydrogens is 353 g/mol. The predicted molar refractivity (Wildman–Crippen MR) is 88.7 cm³/mol. The van der Waals surface area contributed by atoms with Gasteiger partial charge in [-0.1, -0.05) is 0 Å². The number of hydrogen-bond donors (Lipinski definition) is 2. The number of rotatable bonds is 6. The molecule has 10 heteroatoms. The molecule has 0 unspecified atom stereocenters. The number of carbonyl (C=O) groups excluding carboxylic acids is 1. The molecule has 1 heterocycles. The molecule has 0 atom stereocenters. The van der Waals surface area contributed by atoms with Crippen molar-refractivity contribution in [3.8, 4) is 0 Å². The van der Waals surface area contributed by atoms with Crippen LogP contribution in [0.1, 0.15) is 44.1 Å². The molecule has 1 aliphatic carbocycles. The molecular formula is C16H21F3N4O3. The summed E-state index contributed by atoms with van der Waals surface area (Å²) < 4.78 is 36.4. The van der Waals surface area contributed by atoms with Crippen LogP contribution in [0.15, 0.2) is 12.3 Å². The van der Waals surface area contributed by atoms with E-state index >= 15 is 0 Å². The SMILES string of the molecule is Cc1cc([N+](=O)[O-])cnc1NC1CCC(NC(=O)CCC(F)(F)F)CC1. The second-order valence-corrected chi connectivity index (χ2v) is 6.49. The Morgan fingerprint density at radius 1 is 1.31 bits per heavy atom. The second-order valence-electron chi connectivity index (χ2n) is 6.49. The molecule has 0 saturated heterocycles. The van der Waals surface area contributed by atoms with Crippen molar-refractivity contribution >= 4 is 17.4 Å². The van der Waals surface area contributed by atoms with Crippen molar-refractivity contribution in [2.24, 2.45) is 0 Å². The largest absolute Gasteiger partial charge is 0.389 e. The summed E-state index contributed by atoms with van der Waals surface area (Å²) in [4.78, 5) is 25.9. The van der Waals surface area contributed by atoms with Crippen LogP contribution in [-0.4, -0.2) is 34.1 Å². The van der Waals surface area contributed by atoms with Crippen LogP contribution < -0.4 is 10.6 Å². The molecule has 1 fully saturated rings. The lowest BCUT2D eigenvalue weighted by molar-refractivity contribution is -0.385. The summed E-state index contributed by atoms with van der Waals surface area (Å²) >= 11 is 0. The van der Waals surface area contributed by atoms with Crippen LogP contribution in [0.25, 0.3) is 0 Å². The Morgan fingerprint density at radius 2 is 1.92 bits per heavy atom. The number of nitrogens with zero attached hydrogens (tertiary/aromatic N) is 2. The smallest absolute Gasteiger partial charge is 0.367 e. The average molecular weight is 374 g/mol. The quantitative estimate of drug-likeness (QED) is 0.587. The van der Waals surface area contributed by atoms with E-state index in [4.69, 9.17) is 0 Å². The van der Waals surface area contributed by atoms with E-state index in [2.05, 4.69) is 15.6 Å². The maximum atomic E-state index is 12.1. The second kappa shape index (κ2) is 8.33. The highest BCUT2D eigenvalue weighted by Crippen LogP contribution is 2.25. The zero-order chi connectivity index (χ0) is 19.3. The lowest BCUT2D eigenvalue weighted by Crippen LogP contribution is -2.40. The van der Waals surface area contributed by atoms with Crippen LogP contribution in [0.4, 0.5) is 24.7 Å². The van der Waals surface area contributed by atoms with Crippen LogP contribution in [0.2, 0.25) is 0 Å². The van der Waals surface area contributed by atoms with Crippen molar-refractivity contribution in [1.82, 2.24) is 10.3 Å². The van der Waals surface area contributed by atoms with E-state index < -0.39 is 29.8 Å². The standard InChI is InChI=1S/C16H21F3N4O3/c1-10-8-13(23(25)26)9-20-15(10)22-12-4-2-11(3-5-12)21-14(24)6-7-16(17,18)19/h8-9,11-12H,2-7H2,1H3,(H,20,22)(H,21,24). The number of carbonyl (C=O) groups is 1. The molecule has 1 saturated carbocycles. The van der Waals surface area contributed by atoms with Gasteiger partial charge in [0.2, 0.25) is 5.91 Å². The van der Waals surface area contributed by atoms with E-state index in [0.717, 1.165) is 12.8 Å². The maximum absolute atomic E-state index is 12.1. The Labute approximate surface area is 148 Å². The minimum atomic E-state index is -4.32. The molecule has 1 amide bonds. The first kappa shape index (κ1) is 19.9. The lowest BCUT2D eigenvalue weighted by atomic mass is 9.91. The number of hydrogen-bond acceptors (Lipinski definition) is 5. The summed E-state index contributed by atoms with van der Waals surface area (Å²) in [6.45, 7) is 1.73. The number of nitro groups is 1. The van der Waals surface area contributed by atoms with Gasteiger partial charge in [0, 0.05) is 24.6 Å². The first-order valence-corrected chi connectivity index (χ1v) is 8.38. The molecule has 1 aromatic heterocycles. The van der Waals surface area contributed by atoms with Crippen molar-refractivity contribution in [2.45, 2.75) is 63.7 Å². The molecule has 1 aromatic rings. The fourth-order valence-corrected chi connectivity index (χ4v) is 2.94. The van der Waals surface area contributed by atoms with Gasteiger partial charge in [0.1, 0.15) is 12.0 Å². The predicted octanol–water partition coefficient (Wildman–Crippen LogP) is 3.48. The number of amides is 1. The van der Waals surface area contributed by atoms with Gasteiger partial charge in [0.15, 0.2) is 0 Å². The number of alkyl halides is 3. The fourth-order valence-electron chi connectivity index (χ4n) is 2.94. The summed E-state index contributed by atoms with van der Waals surface area (Å²) in [5.74, 6) is -0.000114. The Morgan fingerprint density at radius 3 is 2.46 bits per heavy atom. The zero-order valence-electron chi connectivity index (χ0n) is 14.3. The van der Waals surface area contributed by atoms with Crippen molar-refractivity contribution in [3.05, 3.63) is 27.9 Å². The number of nitrogens with one attached hydrogen (secondary N) is 2. The Bertz CT molecular complexity index is 659. The van der Waals surface area contributed by atoms with Crippen molar-refractivity contribution in [3.63, 3.8) is 0 Å². The van der Waals surface area contributed by atoms with E-state index in [0.29, 0.717) is 24.2 Å². The Balaban J connectivity index is 1.78. The molecule has 0 bridgehead atoms. The molecule has 2 N–H and O–H groups in total. The molecule has 1 aliphatic rings. The van der Waals surface area contributed by atoms with Crippen molar-refractivity contribution in [1.29, 1.82) is 0 Å². The maximum Gasteiger partial charge on any atom is 0.389 e. The third-order valence-corrected chi connectivity index (χ3v) is 4.34. The van der Waals surface area contributed by atoms with Crippen molar-refractivity contribution in [2.75, 3.05) is 5.32 Å². The topological polar surface area (TPSA) is 97.2 Å². The van der Waals surface area contributed by atoms with E-state index in [1.165, 1.54) is 12.3 Å². The highest BCUT2D eigenvalue weighted by atomic mass is 19.4. The van der Waals surface area contributed by atoms with E-state index in [9.17, 15) is 28.1 Å². The summed E-state index contributed by atoms with van der Waals surface area (Å²) in [6.07, 6.45) is -2.03. The van der Waals surface area contributed by atoms with E-state index in [1.54, 1.807) is 6.92 Å². The van der Waals surface area contributed by atoms with Crippen LogP contribution in [0.3, 0.4) is 0 Å². The normalized spacial score (nSPS) is 20.5. The molecule has 2 rings (SSSR count). The first-order chi connectivity index (χ1) is 12.1. The van der Waals surface area contributed by atoms with Gasteiger partial charge in [-0.3, -0.25) is 14.9 Å². The number of aryl methyl sites for hydroxylation is 1.